The van der Waals surface area contributed by atoms with Gasteiger partial charge in [-0.25, -0.2) is 0 Å². The molecule has 1 heterocycles. The van der Waals surface area contributed by atoms with Crippen LogP contribution in [-0.4, -0.2) is 35.5 Å². The van der Waals surface area contributed by atoms with Crippen molar-refractivity contribution in [1.82, 2.24) is 4.90 Å². The van der Waals surface area contributed by atoms with Gasteiger partial charge in [0.15, 0.2) is 0 Å². The first-order valence-corrected chi connectivity index (χ1v) is 9.09. The second kappa shape index (κ2) is 6.49. The van der Waals surface area contributed by atoms with Crippen molar-refractivity contribution in [2.45, 2.75) is 38.8 Å². The average Bonchev–Trinajstić information content (AvgIpc) is 2.44. The van der Waals surface area contributed by atoms with Crippen LogP contribution in [0.1, 0.15) is 38.8 Å². The second-order valence-corrected chi connectivity index (χ2v) is 8.53. The molecule has 21 heavy (non-hydrogen) atoms. The summed E-state index contributed by atoms with van der Waals surface area (Å²) in [5.74, 6) is 2.32. The van der Waals surface area contributed by atoms with E-state index in [1.54, 1.807) is 0 Å². The predicted molar refractivity (Wildman–Crippen MR) is 95.1 cm³/mol. The molecule has 2 unspecified atom stereocenters. The van der Waals surface area contributed by atoms with Gasteiger partial charge in [-0.3, -0.25) is 4.90 Å². The predicted octanol–water partition coefficient (Wildman–Crippen LogP) is 4.19. The van der Waals surface area contributed by atoms with E-state index < -0.39 is 0 Å². The van der Waals surface area contributed by atoms with Crippen LogP contribution in [0.4, 0.5) is 0 Å². The molecule has 1 aromatic carbocycles. The normalized spacial score (nSPS) is 26.8. The maximum absolute atomic E-state index is 6.22. The molecule has 0 saturated carbocycles. The van der Waals surface area contributed by atoms with Crippen LogP contribution >= 0.6 is 23.4 Å². The van der Waals surface area contributed by atoms with Crippen LogP contribution in [0, 0.1) is 5.41 Å². The van der Waals surface area contributed by atoms with E-state index in [1.807, 2.05) is 23.9 Å². The molecule has 1 fully saturated rings. The van der Waals surface area contributed by atoms with E-state index in [4.69, 9.17) is 17.3 Å². The van der Waals surface area contributed by atoms with Gasteiger partial charge >= 0.3 is 0 Å². The van der Waals surface area contributed by atoms with E-state index in [1.165, 1.54) is 11.3 Å². The van der Waals surface area contributed by atoms with Gasteiger partial charge in [-0.15, -0.1) is 0 Å². The standard InChI is InChI=1S/C17H27ClN2S/c1-13(14-6-5-7-15(18)8-14)20(4)17(10-19)9-16(2,3)11-21-12-17/h5-8,13H,9-12,19H2,1-4H3. The van der Waals surface area contributed by atoms with Crippen molar-refractivity contribution in [2.24, 2.45) is 11.1 Å². The van der Waals surface area contributed by atoms with E-state index in [-0.39, 0.29) is 5.54 Å². The van der Waals surface area contributed by atoms with E-state index >= 15 is 0 Å². The fourth-order valence-electron chi connectivity index (χ4n) is 3.41. The summed E-state index contributed by atoms with van der Waals surface area (Å²) >= 11 is 8.18. The molecule has 1 aromatic rings. The van der Waals surface area contributed by atoms with E-state index in [2.05, 4.69) is 44.9 Å². The SMILES string of the molecule is CC(c1cccc(Cl)c1)N(C)C1(CN)CSCC(C)(C)C1. The third-order valence-corrected chi connectivity index (χ3v) is 6.67. The molecule has 0 bridgehead atoms. The lowest BCUT2D eigenvalue weighted by Crippen LogP contribution is -2.59. The lowest BCUT2D eigenvalue weighted by Gasteiger charge is -2.51. The highest BCUT2D eigenvalue weighted by molar-refractivity contribution is 7.99. The monoisotopic (exact) mass is 326 g/mol. The second-order valence-electron chi connectivity index (χ2n) is 7.10. The Labute approximate surface area is 138 Å². The van der Waals surface area contributed by atoms with Crippen LogP contribution in [0.15, 0.2) is 24.3 Å². The van der Waals surface area contributed by atoms with Crippen molar-refractivity contribution < 1.29 is 0 Å². The number of halogens is 1. The highest BCUT2D eigenvalue weighted by Crippen LogP contribution is 2.43. The number of benzene rings is 1. The van der Waals surface area contributed by atoms with Gasteiger partial charge in [-0.05, 0) is 49.3 Å². The maximum Gasteiger partial charge on any atom is 0.0430 e. The van der Waals surface area contributed by atoms with Gasteiger partial charge in [0.25, 0.3) is 0 Å². The lowest BCUT2D eigenvalue weighted by molar-refractivity contribution is 0.0607. The van der Waals surface area contributed by atoms with E-state index in [9.17, 15) is 0 Å². The minimum atomic E-state index is 0.0636. The molecule has 1 aliphatic heterocycles. The molecule has 2 N–H and O–H groups in total. The fourth-order valence-corrected chi connectivity index (χ4v) is 5.17. The van der Waals surface area contributed by atoms with Crippen LogP contribution in [0.2, 0.25) is 5.02 Å². The van der Waals surface area contributed by atoms with E-state index in [0.29, 0.717) is 18.0 Å². The summed E-state index contributed by atoms with van der Waals surface area (Å²) < 4.78 is 0. The molecule has 2 nitrogen and oxygen atoms in total. The van der Waals surface area contributed by atoms with E-state index in [0.717, 1.165) is 17.2 Å². The Kier molecular flexibility index (Phi) is 5.30. The molecule has 0 aromatic heterocycles. The van der Waals surface area contributed by atoms with Crippen LogP contribution in [0.5, 0.6) is 0 Å². The molecular weight excluding hydrogens is 300 g/mol. The molecule has 0 amide bonds. The minimum absolute atomic E-state index is 0.0636. The van der Waals surface area contributed by atoms with Gasteiger partial charge in [0.05, 0.1) is 0 Å². The zero-order chi connectivity index (χ0) is 15.7. The minimum Gasteiger partial charge on any atom is -0.329 e. The first-order valence-electron chi connectivity index (χ1n) is 7.56. The van der Waals surface area contributed by atoms with Gasteiger partial charge in [-0.2, -0.15) is 11.8 Å². The van der Waals surface area contributed by atoms with Crippen molar-refractivity contribution in [1.29, 1.82) is 0 Å². The van der Waals surface area contributed by atoms with Crippen molar-refractivity contribution in [3.63, 3.8) is 0 Å². The zero-order valence-electron chi connectivity index (χ0n) is 13.5. The van der Waals surface area contributed by atoms with Crippen LogP contribution in [-0.2, 0) is 0 Å². The maximum atomic E-state index is 6.22. The Balaban J connectivity index is 2.25. The summed E-state index contributed by atoms with van der Waals surface area (Å²) in [4.78, 5) is 2.46. The lowest BCUT2D eigenvalue weighted by atomic mass is 9.78. The summed E-state index contributed by atoms with van der Waals surface area (Å²) in [6.45, 7) is 7.64. The third kappa shape index (κ3) is 3.76. The molecule has 0 aliphatic carbocycles. The molecule has 0 radical (unpaired) electrons. The Morgan fingerprint density at radius 3 is 2.67 bits per heavy atom. The number of likely N-dealkylation sites (N-methyl/N-ethyl adjacent to an activating group) is 1. The van der Waals surface area contributed by atoms with Crippen LogP contribution < -0.4 is 5.73 Å². The fraction of sp³-hybridized carbons (Fsp3) is 0.647. The summed E-state index contributed by atoms with van der Waals surface area (Å²) in [5.41, 5.74) is 7.88. The van der Waals surface area contributed by atoms with Crippen molar-refractivity contribution in [3.8, 4) is 0 Å². The average molecular weight is 327 g/mol. The molecule has 4 heteroatoms. The van der Waals surface area contributed by atoms with Crippen molar-refractivity contribution in [3.05, 3.63) is 34.9 Å². The molecule has 0 spiro atoms. The summed E-state index contributed by atoms with van der Waals surface area (Å²) in [6, 6.07) is 8.47. The number of hydrogen-bond acceptors (Lipinski definition) is 3. The number of rotatable bonds is 4. The Bertz CT molecular complexity index is 491. The van der Waals surface area contributed by atoms with Gasteiger partial charge in [0.2, 0.25) is 0 Å². The van der Waals surface area contributed by atoms with Crippen molar-refractivity contribution >= 4 is 23.4 Å². The zero-order valence-corrected chi connectivity index (χ0v) is 15.1. The number of hydrogen-bond donors (Lipinski definition) is 1. The Morgan fingerprint density at radius 2 is 2.10 bits per heavy atom. The first-order chi connectivity index (χ1) is 9.80. The van der Waals surface area contributed by atoms with Crippen LogP contribution in [0.25, 0.3) is 0 Å². The quantitative estimate of drug-likeness (QED) is 0.899. The smallest absolute Gasteiger partial charge is 0.0430 e. The number of nitrogens with zero attached hydrogens (tertiary/aromatic N) is 1. The first kappa shape index (κ1) is 17.1. The molecule has 118 valence electrons. The number of nitrogens with two attached hydrogens (primary N) is 1. The largest absolute Gasteiger partial charge is 0.329 e. The molecule has 1 aliphatic rings. The Morgan fingerprint density at radius 1 is 1.38 bits per heavy atom. The topological polar surface area (TPSA) is 29.3 Å². The van der Waals surface area contributed by atoms with Gasteiger partial charge in [-0.1, -0.05) is 37.6 Å². The Hall–Kier alpha value is -0.220. The number of thioether (sulfide) groups is 1. The third-order valence-electron chi connectivity index (χ3n) is 4.71. The summed E-state index contributed by atoms with van der Waals surface area (Å²) in [5, 5.41) is 0.799. The highest BCUT2D eigenvalue weighted by Gasteiger charge is 2.43. The van der Waals surface area contributed by atoms with Gasteiger partial charge in [0, 0.05) is 28.9 Å². The van der Waals surface area contributed by atoms with Gasteiger partial charge < -0.3 is 5.73 Å². The van der Waals surface area contributed by atoms with Gasteiger partial charge in [0.1, 0.15) is 0 Å². The summed E-state index contributed by atoms with van der Waals surface area (Å²) in [6.07, 6.45) is 1.14. The molecule has 2 rings (SSSR count). The molecular formula is C17H27ClN2S. The highest BCUT2D eigenvalue weighted by atomic mass is 35.5. The molecule has 2 atom stereocenters. The molecule has 1 saturated heterocycles. The summed E-state index contributed by atoms with van der Waals surface area (Å²) in [7, 11) is 2.21. The van der Waals surface area contributed by atoms with Crippen LogP contribution in [0.3, 0.4) is 0 Å². The van der Waals surface area contributed by atoms with Crippen molar-refractivity contribution in [2.75, 3.05) is 25.1 Å².